The number of aromatic amines is 1. The fourth-order valence-corrected chi connectivity index (χ4v) is 1.44. The topological polar surface area (TPSA) is 37.3 Å². The minimum atomic E-state index is -0.00375. The lowest BCUT2D eigenvalue weighted by Gasteiger charge is -1.87. The summed E-state index contributed by atoms with van der Waals surface area (Å²) in [6, 6.07) is 5.15. The maximum atomic E-state index is 11.2. The van der Waals surface area contributed by atoms with Crippen molar-refractivity contribution in [2.75, 3.05) is 0 Å². The third kappa shape index (κ3) is 1.08. The van der Waals surface area contributed by atoms with Crippen molar-refractivity contribution >= 4 is 21.6 Å². The third-order valence-corrected chi connectivity index (χ3v) is 2.31. The van der Waals surface area contributed by atoms with Gasteiger partial charge >= 0.3 is 0 Å². The molecule has 3 nitrogen and oxygen atoms in total. The molecule has 2 heterocycles. The second kappa shape index (κ2) is 2.79. The molecule has 0 amide bonds. The minimum absolute atomic E-state index is 0.00375. The summed E-state index contributed by atoms with van der Waals surface area (Å²) in [6.07, 6.45) is 1.80. The van der Waals surface area contributed by atoms with Crippen LogP contribution in [0.1, 0.15) is 5.69 Å². The lowest BCUT2D eigenvalue weighted by atomic mass is 10.5. The third-order valence-electron chi connectivity index (χ3n) is 1.71. The van der Waals surface area contributed by atoms with Gasteiger partial charge < -0.3 is 4.98 Å². The number of nitrogens with one attached hydrogen (secondary N) is 1. The van der Waals surface area contributed by atoms with Crippen LogP contribution in [0.4, 0.5) is 0 Å². The van der Waals surface area contributed by atoms with E-state index in [0.717, 1.165) is 16.7 Å². The van der Waals surface area contributed by atoms with E-state index in [0.29, 0.717) is 0 Å². The second-order valence-electron chi connectivity index (χ2n) is 2.53. The number of rotatable bonds is 1. The summed E-state index contributed by atoms with van der Waals surface area (Å²) < 4.78 is 1.59. The molecular formula is C8H7BrN2O. The normalized spacial score (nSPS) is 10.8. The summed E-state index contributed by atoms with van der Waals surface area (Å²) in [5.74, 6) is 0. The Balaban J connectivity index is 2.83. The molecule has 0 aromatic carbocycles. The Hall–Kier alpha value is -1.03. The highest BCUT2D eigenvalue weighted by Crippen LogP contribution is 2.04. The summed E-state index contributed by atoms with van der Waals surface area (Å²) in [5.41, 5.74) is 1.83. The van der Waals surface area contributed by atoms with Gasteiger partial charge in [-0.2, -0.15) is 0 Å². The number of pyridine rings is 1. The lowest BCUT2D eigenvalue weighted by Crippen LogP contribution is -2.08. The van der Waals surface area contributed by atoms with Crippen molar-refractivity contribution in [1.82, 2.24) is 9.38 Å². The molecule has 0 fully saturated rings. The van der Waals surface area contributed by atoms with E-state index >= 15 is 0 Å². The van der Waals surface area contributed by atoms with E-state index in [4.69, 9.17) is 0 Å². The highest BCUT2D eigenvalue weighted by atomic mass is 79.9. The van der Waals surface area contributed by atoms with Crippen LogP contribution in [0.5, 0.6) is 0 Å². The molecule has 0 aliphatic rings. The SMILES string of the molecule is O=c1cccc2[nH]c(CBr)cn12. The van der Waals surface area contributed by atoms with Crippen molar-refractivity contribution < 1.29 is 0 Å². The number of hydrogen-bond acceptors (Lipinski definition) is 1. The molecule has 0 unspecified atom stereocenters. The van der Waals surface area contributed by atoms with E-state index in [9.17, 15) is 4.79 Å². The van der Waals surface area contributed by atoms with Gasteiger partial charge in [0.25, 0.3) is 5.56 Å². The Morgan fingerprint density at radius 2 is 2.33 bits per heavy atom. The van der Waals surface area contributed by atoms with Gasteiger partial charge in [0, 0.05) is 23.3 Å². The van der Waals surface area contributed by atoms with Crippen LogP contribution in [0.15, 0.2) is 29.2 Å². The highest BCUT2D eigenvalue weighted by Gasteiger charge is 1.98. The molecule has 2 aromatic heterocycles. The van der Waals surface area contributed by atoms with E-state index in [1.54, 1.807) is 22.7 Å². The Morgan fingerprint density at radius 1 is 1.50 bits per heavy atom. The number of imidazole rings is 1. The van der Waals surface area contributed by atoms with Crippen LogP contribution in [0.2, 0.25) is 0 Å². The fourth-order valence-electron chi connectivity index (χ4n) is 1.16. The number of hydrogen-bond donors (Lipinski definition) is 1. The Labute approximate surface area is 77.2 Å². The highest BCUT2D eigenvalue weighted by molar-refractivity contribution is 9.08. The van der Waals surface area contributed by atoms with Crippen molar-refractivity contribution in [3.05, 3.63) is 40.4 Å². The molecule has 4 heteroatoms. The van der Waals surface area contributed by atoms with E-state index in [1.165, 1.54) is 0 Å². The van der Waals surface area contributed by atoms with Crippen LogP contribution in [0, 0.1) is 0 Å². The van der Waals surface area contributed by atoms with Gasteiger partial charge in [0.15, 0.2) is 0 Å². The zero-order chi connectivity index (χ0) is 8.55. The van der Waals surface area contributed by atoms with E-state index in [-0.39, 0.29) is 5.56 Å². The maximum absolute atomic E-state index is 11.2. The smallest absolute Gasteiger partial charge is 0.256 e. The predicted molar refractivity (Wildman–Crippen MR) is 50.6 cm³/mol. The molecule has 0 bridgehead atoms. The minimum Gasteiger partial charge on any atom is -0.343 e. The molecule has 0 radical (unpaired) electrons. The summed E-state index contributed by atoms with van der Waals surface area (Å²) in [4.78, 5) is 14.3. The van der Waals surface area contributed by atoms with Gasteiger partial charge in [-0.15, -0.1) is 0 Å². The molecule has 0 atom stereocenters. The first-order valence-corrected chi connectivity index (χ1v) is 4.68. The molecule has 0 aliphatic carbocycles. The molecule has 0 saturated carbocycles. The number of nitrogens with zero attached hydrogens (tertiary/aromatic N) is 1. The van der Waals surface area contributed by atoms with Crippen molar-refractivity contribution in [1.29, 1.82) is 0 Å². The van der Waals surface area contributed by atoms with Gasteiger partial charge in [0.05, 0.1) is 0 Å². The standard InChI is InChI=1S/C8H7BrN2O/c9-4-6-5-11-7(10-6)2-1-3-8(11)12/h1-3,5,10H,4H2. The van der Waals surface area contributed by atoms with Crippen LogP contribution in [-0.2, 0) is 5.33 Å². The average molecular weight is 227 g/mol. The van der Waals surface area contributed by atoms with Crippen molar-refractivity contribution in [2.45, 2.75) is 5.33 Å². The summed E-state index contributed by atoms with van der Waals surface area (Å²) in [7, 11) is 0. The molecule has 0 saturated heterocycles. The first-order valence-electron chi connectivity index (χ1n) is 3.56. The van der Waals surface area contributed by atoms with E-state index in [1.807, 2.05) is 6.07 Å². The van der Waals surface area contributed by atoms with E-state index in [2.05, 4.69) is 20.9 Å². The quantitative estimate of drug-likeness (QED) is 0.737. The molecule has 0 aliphatic heterocycles. The summed E-state index contributed by atoms with van der Waals surface area (Å²) >= 11 is 3.31. The summed E-state index contributed by atoms with van der Waals surface area (Å²) in [5, 5.41) is 0.730. The Morgan fingerprint density at radius 3 is 3.00 bits per heavy atom. The van der Waals surface area contributed by atoms with Gasteiger partial charge in [-0.25, -0.2) is 0 Å². The molecule has 1 N–H and O–H groups in total. The van der Waals surface area contributed by atoms with Gasteiger partial charge in [-0.1, -0.05) is 22.0 Å². The number of fused-ring (bicyclic) bond motifs is 1. The van der Waals surface area contributed by atoms with Gasteiger partial charge in [0.2, 0.25) is 0 Å². The Bertz CT molecular complexity index is 457. The van der Waals surface area contributed by atoms with Gasteiger partial charge in [0.1, 0.15) is 5.65 Å². The number of halogens is 1. The fraction of sp³-hybridized carbons (Fsp3) is 0.125. The number of alkyl halides is 1. The van der Waals surface area contributed by atoms with Crippen LogP contribution in [0.25, 0.3) is 5.65 Å². The summed E-state index contributed by atoms with van der Waals surface area (Å²) in [6.45, 7) is 0. The van der Waals surface area contributed by atoms with Crippen molar-refractivity contribution in [2.24, 2.45) is 0 Å². The van der Waals surface area contributed by atoms with Gasteiger partial charge in [-0.3, -0.25) is 9.20 Å². The lowest BCUT2D eigenvalue weighted by molar-refractivity contribution is 1.11. The van der Waals surface area contributed by atoms with Crippen molar-refractivity contribution in [3.8, 4) is 0 Å². The first kappa shape index (κ1) is 7.61. The second-order valence-corrected chi connectivity index (χ2v) is 3.09. The Kier molecular flexibility index (Phi) is 1.77. The van der Waals surface area contributed by atoms with Crippen LogP contribution in [0.3, 0.4) is 0 Å². The van der Waals surface area contributed by atoms with Gasteiger partial charge in [-0.05, 0) is 6.07 Å². The predicted octanol–water partition coefficient (Wildman–Crippen LogP) is 1.52. The largest absolute Gasteiger partial charge is 0.343 e. The van der Waals surface area contributed by atoms with E-state index < -0.39 is 0 Å². The zero-order valence-electron chi connectivity index (χ0n) is 6.25. The molecule has 12 heavy (non-hydrogen) atoms. The van der Waals surface area contributed by atoms with Crippen molar-refractivity contribution in [3.63, 3.8) is 0 Å². The zero-order valence-corrected chi connectivity index (χ0v) is 7.84. The average Bonchev–Trinajstić information content (AvgIpc) is 2.49. The molecule has 2 aromatic rings. The van der Waals surface area contributed by atoms with Crippen LogP contribution < -0.4 is 5.56 Å². The molecule has 2 rings (SSSR count). The number of H-pyrrole nitrogens is 1. The molecule has 0 spiro atoms. The molecular weight excluding hydrogens is 220 g/mol. The maximum Gasteiger partial charge on any atom is 0.256 e. The van der Waals surface area contributed by atoms with Crippen LogP contribution in [-0.4, -0.2) is 9.38 Å². The molecule has 62 valence electrons. The number of aromatic nitrogens is 2. The first-order chi connectivity index (χ1) is 5.81. The monoisotopic (exact) mass is 226 g/mol. The van der Waals surface area contributed by atoms with Crippen LogP contribution >= 0.6 is 15.9 Å².